The Morgan fingerprint density at radius 1 is 1.47 bits per heavy atom. The third kappa shape index (κ3) is 5.14. The predicted molar refractivity (Wildman–Crippen MR) is 65.5 cm³/mol. The number of nitrogens with zero attached hydrogens (tertiary/aromatic N) is 1. The Balaban J connectivity index is 2.34. The summed E-state index contributed by atoms with van der Waals surface area (Å²) >= 11 is 8.99. The normalized spacial score (nSPS) is 10.0. The molecule has 15 heavy (non-hydrogen) atoms. The van der Waals surface area contributed by atoms with Gasteiger partial charge < -0.3 is 5.32 Å². The summed E-state index contributed by atoms with van der Waals surface area (Å²) in [4.78, 5) is 15.3. The van der Waals surface area contributed by atoms with Crippen LogP contribution in [-0.4, -0.2) is 16.2 Å². The van der Waals surface area contributed by atoms with Gasteiger partial charge in [-0.1, -0.05) is 27.5 Å². The van der Waals surface area contributed by atoms with Gasteiger partial charge in [-0.15, -0.1) is 0 Å². The van der Waals surface area contributed by atoms with Gasteiger partial charge in [0.05, 0.1) is 5.02 Å². The molecule has 0 fully saturated rings. The van der Waals surface area contributed by atoms with Crippen LogP contribution in [-0.2, 0) is 4.79 Å². The molecule has 3 nitrogen and oxygen atoms in total. The highest BCUT2D eigenvalue weighted by Gasteiger charge is 2.02. The van der Waals surface area contributed by atoms with Crippen molar-refractivity contribution in [2.24, 2.45) is 0 Å². The molecule has 0 spiro atoms. The molecule has 1 N–H and O–H groups in total. The molecule has 0 aliphatic rings. The van der Waals surface area contributed by atoms with Crippen LogP contribution in [0.3, 0.4) is 0 Å². The summed E-state index contributed by atoms with van der Waals surface area (Å²) in [6, 6.07) is 3.38. The molecule has 0 aliphatic heterocycles. The van der Waals surface area contributed by atoms with Crippen molar-refractivity contribution in [2.75, 3.05) is 10.6 Å². The van der Waals surface area contributed by atoms with Crippen LogP contribution in [0.1, 0.15) is 19.3 Å². The van der Waals surface area contributed by atoms with E-state index in [1.165, 1.54) is 6.20 Å². The minimum absolute atomic E-state index is 0.00854. The summed E-state index contributed by atoms with van der Waals surface area (Å²) < 4.78 is 0. The average Bonchev–Trinajstić information content (AvgIpc) is 2.22. The third-order valence-electron chi connectivity index (χ3n) is 1.78. The number of nitrogens with one attached hydrogen (secondary N) is 1. The van der Waals surface area contributed by atoms with Crippen molar-refractivity contribution in [2.45, 2.75) is 19.3 Å². The first-order chi connectivity index (χ1) is 7.22. The van der Waals surface area contributed by atoms with E-state index < -0.39 is 0 Å². The molecule has 0 unspecified atom stereocenters. The fourth-order valence-electron chi connectivity index (χ4n) is 1.04. The Kier molecular flexibility index (Phi) is 5.65. The van der Waals surface area contributed by atoms with Gasteiger partial charge in [-0.05, 0) is 25.0 Å². The fraction of sp³-hybridized carbons (Fsp3) is 0.400. The standard InChI is InChI=1S/C10H12BrClN2O/c11-6-2-1-3-10(15)14-9-5-4-8(12)7-13-9/h4-5,7H,1-3,6H2,(H,13,14,15). The minimum Gasteiger partial charge on any atom is -0.311 e. The van der Waals surface area contributed by atoms with Crippen molar-refractivity contribution in [1.29, 1.82) is 0 Å². The van der Waals surface area contributed by atoms with Gasteiger partial charge >= 0.3 is 0 Å². The Hall–Kier alpha value is -0.610. The lowest BCUT2D eigenvalue weighted by Gasteiger charge is -2.03. The molecule has 0 radical (unpaired) electrons. The van der Waals surface area contributed by atoms with Crippen LogP contribution in [0.5, 0.6) is 0 Å². The number of hydrogen-bond acceptors (Lipinski definition) is 2. The molecule has 0 saturated heterocycles. The summed E-state index contributed by atoms with van der Waals surface area (Å²) in [6.07, 6.45) is 3.91. The van der Waals surface area contributed by atoms with E-state index in [0.29, 0.717) is 17.3 Å². The van der Waals surface area contributed by atoms with E-state index in [-0.39, 0.29) is 5.91 Å². The van der Waals surface area contributed by atoms with Crippen LogP contribution >= 0.6 is 27.5 Å². The molecule has 0 aliphatic carbocycles. The van der Waals surface area contributed by atoms with E-state index in [1.807, 2.05) is 0 Å². The van der Waals surface area contributed by atoms with Gasteiger partial charge in [0.25, 0.3) is 0 Å². The zero-order valence-corrected chi connectivity index (χ0v) is 10.5. The Morgan fingerprint density at radius 2 is 2.27 bits per heavy atom. The largest absolute Gasteiger partial charge is 0.311 e. The van der Waals surface area contributed by atoms with Crippen LogP contribution < -0.4 is 5.32 Å². The number of anilines is 1. The molecule has 1 aromatic rings. The second-order valence-corrected chi connectivity index (χ2v) is 4.29. The summed E-state index contributed by atoms with van der Waals surface area (Å²) in [5.41, 5.74) is 0. The van der Waals surface area contributed by atoms with E-state index in [4.69, 9.17) is 11.6 Å². The molecule has 0 saturated carbocycles. The number of alkyl halides is 1. The summed E-state index contributed by atoms with van der Waals surface area (Å²) in [5, 5.41) is 4.20. The number of amides is 1. The van der Waals surface area contributed by atoms with Crippen molar-refractivity contribution in [1.82, 2.24) is 4.98 Å². The van der Waals surface area contributed by atoms with Crippen molar-refractivity contribution < 1.29 is 4.79 Å². The molecule has 5 heteroatoms. The molecule has 1 amide bonds. The van der Waals surface area contributed by atoms with Gasteiger partial charge in [0.1, 0.15) is 5.82 Å². The highest BCUT2D eigenvalue weighted by atomic mass is 79.9. The lowest BCUT2D eigenvalue weighted by molar-refractivity contribution is -0.116. The number of carbonyl (C=O) groups is 1. The van der Waals surface area contributed by atoms with Crippen LogP contribution in [0.4, 0.5) is 5.82 Å². The van der Waals surface area contributed by atoms with Gasteiger partial charge in [0.15, 0.2) is 0 Å². The molecular formula is C10H12BrClN2O. The minimum atomic E-state index is -0.00854. The molecule has 0 bridgehead atoms. The van der Waals surface area contributed by atoms with Crippen LogP contribution in [0, 0.1) is 0 Å². The second-order valence-electron chi connectivity index (χ2n) is 3.06. The summed E-state index contributed by atoms with van der Waals surface area (Å²) in [5.74, 6) is 0.536. The zero-order chi connectivity index (χ0) is 11.1. The number of rotatable bonds is 5. The Labute approximate surface area is 102 Å². The monoisotopic (exact) mass is 290 g/mol. The van der Waals surface area contributed by atoms with Gasteiger partial charge in [-0.25, -0.2) is 4.98 Å². The molecule has 82 valence electrons. The molecular weight excluding hydrogens is 279 g/mol. The molecule has 1 aromatic heterocycles. The first-order valence-electron chi connectivity index (χ1n) is 4.70. The number of halogens is 2. The zero-order valence-electron chi connectivity index (χ0n) is 8.17. The number of carbonyl (C=O) groups excluding carboxylic acids is 1. The predicted octanol–water partition coefficient (Wildman–Crippen LogP) is 3.24. The third-order valence-corrected chi connectivity index (χ3v) is 2.57. The fourth-order valence-corrected chi connectivity index (χ4v) is 1.54. The van der Waals surface area contributed by atoms with E-state index >= 15 is 0 Å². The first-order valence-corrected chi connectivity index (χ1v) is 6.19. The smallest absolute Gasteiger partial charge is 0.225 e. The van der Waals surface area contributed by atoms with Crippen molar-refractivity contribution >= 4 is 39.3 Å². The molecule has 1 rings (SSSR count). The van der Waals surface area contributed by atoms with Crippen molar-refractivity contribution in [3.63, 3.8) is 0 Å². The molecule has 0 atom stereocenters. The Bertz CT molecular complexity index is 316. The number of pyridine rings is 1. The van der Waals surface area contributed by atoms with E-state index in [9.17, 15) is 4.79 Å². The number of unbranched alkanes of at least 4 members (excludes halogenated alkanes) is 1. The summed E-state index contributed by atoms with van der Waals surface area (Å²) in [6.45, 7) is 0. The van der Waals surface area contributed by atoms with Crippen LogP contribution in [0.15, 0.2) is 18.3 Å². The van der Waals surface area contributed by atoms with Gasteiger partial charge in [-0.3, -0.25) is 4.79 Å². The van der Waals surface area contributed by atoms with Crippen LogP contribution in [0.25, 0.3) is 0 Å². The molecule has 1 heterocycles. The highest BCUT2D eigenvalue weighted by molar-refractivity contribution is 9.09. The second kappa shape index (κ2) is 6.80. The Morgan fingerprint density at radius 3 is 2.87 bits per heavy atom. The summed E-state index contributed by atoms with van der Waals surface area (Å²) in [7, 11) is 0. The number of hydrogen-bond donors (Lipinski definition) is 1. The topological polar surface area (TPSA) is 42.0 Å². The highest BCUT2D eigenvalue weighted by Crippen LogP contribution is 2.10. The quantitative estimate of drug-likeness (QED) is 0.668. The first kappa shape index (κ1) is 12.5. The lowest BCUT2D eigenvalue weighted by Crippen LogP contribution is -2.12. The van der Waals surface area contributed by atoms with Gasteiger partial charge in [0.2, 0.25) is 5.91 Å². The SMILES string of the molecule is O=C(CCCCBr)Nc1ccc(Cl)cn1. The number of aromatic nitrogens is 1. The lowest BCUT2D eigenvalue weighted by atomic mass is 10.2. The maximum absolute atomic E-state index is 11.4. The van der Waals surface area contributed by atoms with Crippen LogP contribution in [0.2, 0.25) is 5.02 Å². The van der Waals surface area contributed by atoms with E-state index in [0.717, 1.165) is 18.2 Å². The van der Waals surface area contributed by atoms with Gasteiger partial charge in [-0.2, -0.15) is 0 Å². The maximum atomic E-state index is 11.4. The van der Waals surface area contributed by atoms with Gasteiger partial charge in [0, 0.05) is 17.9 Å². The van der Waals surface area contributed by atoms with Crippen molar-refractivity contribution in [3.05, 3.63) is 23.4 Å². The average molecular weight is 292 g/mol. The molecule has 0 aromatic carbocycles. The van der Waals surface area contributed by atoms with E-state index in [2.05, 4.69) is 26.2 Å². The maximum Gasteiger partial charge on any atom is 0.225 e. The van der Waals surface area contributed by atoms with E-state index in [1.54, 1.807) is 12.1 Å². The van der Waals surface area contributed by atoms with Crippen molar-refractivity contribution in [3.8, 4) is 0 Å².